The topological polar surface area (TPSA) is 83.9 Å². The molecule has 2 bridgehead atoms. The number of hydrogen-bond donors (Lipinski definition) is 1. The molecule has 2 unspecified atom stereocenters. The fraction of sp³-hybridized carbons (Fsp3) is 0.750. The molecule has 100 valence electrons. The molecule has 18 heavy (non-hydrogen) atoms. The number of imide groups is 1. The van der Waals surface area contributed by atoms with Crippen molar-refractivity contribution in [3.05, 3.63) is 0 Å². The van der Waals surface area contributed by atoms with Gasteiger partial charge in [-0.3, -0.25) is 19.3 Å². The molecule has 2 atom stereocenters. The van der Waals surface area contributed by atoms with Crippen LogP contribution in [0.4, 0.5) is 0 Å². The Balaban J connectivity index is 2.17. The zero-order chi connectivity index (χ0) is 13.5. The van der Waals surface area contributed by atoms with Gasteiger partial charge in [-0.2, -0.15) is 0 Å². The van der Waals surface area contributed by atoms with Gasteiger partial charge in [-0.1, -0.05) is 0 Å². The molecule has 0 spiro atoms. The van der Waals surface area contributed by atoms with E-state index in [9.17, 15) is 14.4 Å². The van der Waals surface area contributed by atoms with Gasteiger partial charge in [0.15, 0.2) is 0 Å². The molecule has 2 aliphatic heterocycles. The lowest BCUT2D eigenvalue weighted by molar-refractivity contribution is -0.176. The summed E-state index contributed by atoms with van der Waals surface area (Å²) < 4.78 is 5.32. The van der Waals surface area contributed by atoms with Crippen molar-refractivity contribution in [1.82, 2.24) is 4.90 Å². The highest BCUT2D eigenvalue weighted by Crippen LogP contribution is 2.34. The number of amides is 2. The molecule has 2 heterocycles. The molecule has 6 nitrogen and oxygen atoms in total. The zero-order valence-electron chi connectivity index (χ0n) is 10.5. The lowest BCUT2D eigenvalue weighted by atomic mass is 9.94. The molecule has 2 fully saturated rings. The fourth-order valence-electron chi connectivity index (χ4n) is 2.52. The summed E-state index contributed by atoms with van der Waals surface area (Å²) in [4.78, 5) is 36.1. The Labute approximate surface area is 105 Å². The van der Waals surface area contributed by atoms with Gasteiger partial charge >= 0.3 is 5.97 Å². The summed E-state index contributed by atoms with van der Waals surface area (Å²) in [6.07, 6.45) is 0.259. The van der Waals surface area contributed by atoms with Crippen molar-refractivity contribution in [1.29, 1.82) is 0 Å². The van der Waals surface area contributed by atoms with Crippen molar-refractivity contribution >= 4 is 17.8 Å². The summed E-state index contributed by atoms with van der Waals surface area (Å²) >= 11 is 0. The third kappa shape index (κ3) is 2.12. The Morgan fingerprint density at radius 2 is 1.83 bits per heavy atom. The maximum absolute atomic E-state index is 12.1. The van der Waals surface area contributed by atoms with Gasteiger partial charge in [-0.25, -0.2) is 0 Å². The predicted molar refractivity (Wildman–Crippen MR) is 60.7 cm³/mol. The van der Waals surface area contributed by atoms with Crippen molar-refractivity contribution in [3.63, 3.8) is 0 Å². The lowest BCUT2D eigenvalue weighted by Gasteiger charge is -2.41. The van der Waals surface area contributed by atoms with Crippen LogP contribution < -0.4 is 0 Å². The van der Waals surface area contributed by atoms with Crippen molar-refractivity contribution in [2.75, 3.05) is 0 Å². The van der Waals surface area contributed by atoms with Crippen molar-refractivity contribution in [2.45, 2.75) is 57.3 Å². The molecule has 6 heteroatoms. The van der Waals surface area contributed by atoms with Gasteiger partial charge in [-0.15, -0.1) is 0 Å². The van der Waals surface area contributed by atoms with E-state index >= 15 is 0 Å². The number of carboxylic acids is 1. The maximum Gasteiger partial charge on any atom is 0.303 e. The van der Waals surface area contributed by atoms with Gasteiger partial charge in [0.05, 0.1) is 0 Å². The molecule has 0 aromatic rings. The van der Waals surface area contributed by atoms with Gasteiger partial charge in [0.25, 0.3) is 11.8 Å². The molecule has 1 N–H and O–H groups in total. The van der Waals surface area contributed by atoms with Gasteiger partial charge in [-0.05, 0) is 33.1 Å². The van der Waals surface area contributed by atoms with Crippen molar-refractivity contribution in [2.24, 2.45) is 0 Å². The minimum atomic E-state index is -0.931. The average molecular weight is 255 g/mol. The van der Waals surface area contributed by atoms with Gasteiger partial charge in [0.2, 0.25) is 0 Å². The van der Waals surface area contributed by atoms with E-state index in [1.54, 1.807) is 13.8 Å². The number of hydrogen-bond acceptors (Lipinski definition) is 4. The second-order valence-corrected chi connectivity index (χ2v) is 5.41. The van der Waals surface area contributed by atoms with Crippen molar-refractivity contribution in [3.8, 4) is 0 Å². The van der Waals surface area contributed by atoms with E-state index in [1.165, 1.54) is 4.90 Å². The Kier molecular flexibility index (Phi) is 3.14. The number of carbonyl (C=O) groups is 3. The number of carboxylic acid groups (broad SMARTS) is 1. The van der Waals surface area contributed by atoms with Crippen LogP contribution in [0.5, 0.6) is 0 Å². The number of likely N-dealkylation sites (tertiary alicyclic amines) is 1. The first kappa shape index (κ1) is 13.0. The third-order valence-corrected chi connectivity index (χ3v) is 3.57. The largest absolute Gasteiger partial charge is 0.481 e. The summed E-state index contributed by atoms with van der Waals surface area (Å²) in [6, 6.07) is 0. The van der Waals surface area contributed by atoms with E-state index in [0.29, 0.717) is 12.8 Å². The highest BCUT2D eigenvalue weighted by atomic mass is 16.5. The summed E-state index contributed by atoms with van der Waals surface area (Å²) in [5, 5.41) is 8.71. The number of fused-ring (bicyclic) bond motifs is 2. The number of rotatable bonds is 4. The standard InChI is InChI=1S/C12H17NO5/c1-12(2,6-5-9(14)15)13-10(16)7-3-4-8(18-7)11(13)17/h7-8H,3-6H2,1-2H3,(H,14,15). The first-order valence-electron chi connectivity index (χ1n) is 6.08. The van der Waals surface area contributed by atoms with Crippen LogP contribution in [-0.4, -0.2) is 45.5 Å². The van der Waals surface area contributed by atoms with Crippen LogP contribution in [0.15, 0.2) is 0 Å². The van der Waals surface area contributed by atoms with E-state index in [1.807, 2.05) is 0 Å². The summed E-state index contributed by atoms with van der Waals surface area (Å²) in [6.45, 7) is 3.44. The van der Waals surface area contributed by atoms with Gasteiger partial charge in [0, 0.05) is 12.0 Å². The monoisotopic (exact) mass is 255 g/mol. The molecule has 0 aromatic heterocycles. The van der Waals surface area contributed by atoms with Gasteiger partial charge < -0.3 is 9.84 Å². The van der Waals surface area contributed by atoms with Gasteiger partial charge in [0.1, 0.15) is 12.2 Å². The Hall–Kier alpha value is -1.43. The van der Waals surface area contributed by atoms with E-state index in [0.717, 1.165) is 0 Å². The second kappa shape index (κ2) is 4.35. The fourth-order valence-corrected chi connectivity index (χ4v) is 2.52. The molecular weight excluding hydrogens is 238 g/mol. The molecule has 2 aliphatic rings. The third-order valence-electron chi connectivity index (χ3n) is 3.57. The first-order chi connectivity index (χ1) is 8.33. The smallest absolute Gasteiger partial charge is 0.303 e. The summed E-state index contributed by atoms with van der Waals surface area (Å²) in [5.41, 5.74) is -0.781. The normalized spacial score (nSPS) is 27.8. The SMILES string of the molecule is CC(C)(CCC(=O)O)N1C(=O)C2CCC(O2)C1=O. The molecule has 0 saturated carbocycles. The van der Waals surface area contributed by atoms with Crippen LogP contribution >= 0.6 is 0 Å². The highest BCUT2D eigenvalue weighted by Gasteiger charge is 2.51. The van der Waals surface area contributed by atoms with Crippen LogP contribution in [0, 0.1) is 0 Å². The predicted octanol–water partition coefficient (Wildman–Crippen LogP) is 0.546. The molecule has 2 amide bonds. The van der Waals surface area contributed by atoms with E-state index in [-0.39, 0.29) is 24.7 Å². The molecule has 2 rings (SSSR count). The number of nitrogens with zero attached hydrogens (tertiary/aromatic N) is 1. The molecule has 0 aromatic carbocycles. The quantitative estimate of drug-likeness (QED) is 0.741. The van der Waals surface area contributed by atoms with Crippen LogP contribution in [0.1, 0.15) is 39.5 Å². The summed E-state index contributed by atoms with van der Waals surface area (Å²) in [5.74, 6) is -1.59. The highest BCUT2D eigenvalue weighted by molar-refractivity contribution is 6.03. The Morgan fingerprint density at radius 3 is 2.28 bits per heavy atom. The van der Waals surface area contributed by atoms with Crippen molar-refractivity contribution < 1.29 is 24.2 Å². The van der Waals surface area contributed by atoms with E-state index < -0.39 is 23.7 Å². The van der Waals surface area contributed by atoms with Crippen LogP contribution in [0.3, 0.4) is 0 Å². The molecule has 2 saturated heterocycles. The molecule has 0 aliphatic carbocycles. The average Bonchev–Trinajstić information content (AvgIpc) is 2.70. The minimum absolute atomic E-state index is 0.0692. The Bertz CT molecular complexity index is 381. The molecule has 0 radical (unpaired) electrons. The zero-order valence-corrected chi connectivity index (χ0v) is 10.5. The van der Waals surface area contributed by atoms with Crippen LogP contribution in [-0.2, 0) is 19.1 Å². The Morgan fingerprint density at radius 1 is 1.33 bits per heavy atom. The van der Waals surface area contributed by atoms with E-state index in [4.69, 9.17) is 9.84 Å². The number of morpholine rings is 1. The molecular formula is C12H17NO5. The summed E-state index contributed by atoms with van der Waals surface area (Å²) in [7, 11) is 0. The number of carbonyl (C=O) groups excluding carboxylic acids is 2. The number of ether oxygens (including phenoxy) is 1. The number of aliphatic carboxylic acids is 1. The van der Waals surface area contributed by atoms with Crippen LogP contribution in [0.25, 0.3) is 0 Å². The van der Waals surface area contributed by atoms with E-state index in [2.05, 4.69) is 0 Å². The van der Waals surface area contributed by atoms with Crippen LogP contribution in [0.2, 0.25) is 0 Å². The minimum Gasteiger partial charge on any atom is -0.481 e. The maximum atomic E-state index is 12.1. The lowest BCUT2D eigenvalue weighted by Crippen LogP contribution is -2.60. The second-order valence-electron chi connectivity index (χ2n) is 5.41. The first-order valence-corrected chi connectivity index (χ1v) is 6.08.